The molecule has 0 radical (unpaired) electrons. The van der Waals surface area contributed by atoms with Crippen LogP contribution in [0.15, 0.2) is 28.7 Å². The number of hydrogen-bond donors (Lipinski definition) is 0. The highest BCUT2D eigenvalue weighted by Gasteiger charge is 2.12. The Balaban J connectivity index is 2.65. The van der Waals surface area contributed by atoms with Gasteiger partial charge in [0.15, 0.2) is 0 Å². The van der Waals surface area contributed by atoms with Crippen LogP contribution in [0.2, 0.25) is 0 Å². The minimum atomic E-state index is -0.262. The van der Waals surface area contributed by atoms with Crippen molar-refractivity contribution in [2.75, 3.05) is 12.8 Å². The summed E-state index contributed by atoms with van der Waals surface area (Å²) in [4.78, 5) is 10.0. The minimum absolute atomic E-state index is 0.0293. The lowest BCUT2D eigenvalue weighted by atomic mass is 10.1. The van der Waals surface area contributed by atoms with Crippen LogP contribution >= 0.6 is 27.7 Å². The molecule has 1 aromatic carbocycles. The van der Waals surface area contributed by atoms with Crippen LogP contribution in [0.25, 0.3) is 0 Å². The summed E-state index contributed by atoms with van der Waals surface area (Å²) < 4.78 is 1.03. The molecule has 0 saturated heterocycles. The Bertz CT molecular complexity index is 329. The predicted octanol–water partition coefficient (Wildman–Crippen LogP) is 3.52. The molecule has 0 heterocycles. The highest BCUT2D eigenvalue weighted by molar-refractivity contribution is 9.10. The SMILES string of the molecule is CSC(CC[N+](=O)[O-])c1ccc(Br)cc1. The molecule has 0 aliphatic carbocycles. The lowest BCUT2D eigenvalue weighted by Gasteiger charge is -2.12. The molecular weight excluding hydrogens is 278 g/mol. The van der Waals surface area contributed by atoms with Gasteiger partial charge in [-0.3, -0.25) is 10.1 Å². The second kappa shape index (κ2) is 6.12. The fourth-order valence-corrected chi connectivity index (χ4v) is 2.36. The summed E-state index contributed by atoms with van der Waals surface area (Å²) >= 11 is 5.01. The van der Waals surface area contributed by atoms with E-state index < -0.39 is 0 Å². The van der Waals surface area contributed by atoms with E-state index in [0.29, 0.717) is 6.42 Å². The molecule has 1 atom stereocenters. The van der Waals surface area contributed by atoms with Crippen molar-refractivity contribution in [1.29, 1.82) is 0 Å². The summed E-state index contributed by atoms with van der Waals surface area (Å²) in [6.07, 6.45) is 2.56. The zero-order valence-corrected chi connectivity index (χ0v) is 10.8. The van der Waals surface area contributed by atoms with E-state index in [1.54, 1.807) is 11.8 Å². The molecule has 0 aromatic heterocycles. The molecule has 0 bridgehead atoms. The van der Waals surface area contributed by atoms with Gasteiger partial charge in [-0.25, -0.2) is 0 Å². The van der Waals surface area contributed by atoms with Gasteiger partial charge < -0.3 is 0 Å². The highest BCUT2D eigenvalue weighted by atomic mass is 79.9. The van der Waals surface area contributed by atoms with Gasteiger partial charge in [0.05, 0.1) is 0 Å². The fourth-order valence-electron chi connectivity index (χ4n) is 1.32. The van der Waals surface area contributed by atoms with Gasteiger partial charge >= 0.3 is 0 Å². The Kier molecular flexibility index (Phi) is 5.11. The van der Waals surface area contributed by atoms with E-state index in [9.17, 15) is 10.1 Å². The minimum Gasteiger partial charge on any atom is -0.265 e. The zero-order valence-electron chi connectivity index (χ0n) is 8.35. The van der Waals surface area contributed by atoms with E-state index in [0.717, 1.165) is 10.0 Å². The molecule has 82 valence electrons. The first kappa shape index (κ1) is 12.5. The van der Waals surface area contributed by atoms with E-state index in [1.165, 1.54) is 0 Å². The molecule has 1 aromatic rings. The first-order valence-corrected chi connectivity index (χ1v) is 6.61. The molecule has 1 unspecified atom stereocenters. The normalized spacial score (nSPS) is 12.4. The number of thioether (sulfide) groups is 1. The largest absolute Gasteiger partial charge is 0.265 e. The molecule has 0 saturated carbocycles. The van der Waals surface area contributed by atoms with Crippen molar-refractivity contribution in [3.63, 3.8) is 0 Å². The molecule has 0 amide bonds. The van der Waals surface area contributed by atoms with Crippen LogP contribution in [0.5, 0.6) is 0 Å². The summed E-state index contributed by atoms with van der Waals surface area (Å²) in [5, 5.41) is 10.5. The molecule has 5 heteroatoms. The molecule has 0 aliphatic heterocycles. The topological polar surface area (TPSA) is 43.1 Å². The first-order chi connectivity index (χ1) is 7.13. The summed E-state index contributed by atoms with van der Waals surface area (Å²) in [6.45, 7) is 0.0293. The van der Waals surface area contributed by atoms with E-state index in [4.69, 9.17) is 0 Å². The number of nitrogens with zero attached hydrogens (tertiary/aromatic N) is 1. The standard InChI is InChI=1S/C10H12BrNO2S/c1-15-10(6-7-12(13)14)8-2-4-9(11)5-3-8/h2-5,10H,6-7H2,1H3. The molecule has 0 aliphatic rings. The quantitative estimate of drug-likeness (QED) is 0.615. The van der Waals surface area contributed by atoms with Crippen LogP contribution in [-0.2, 0) is 0 Å². The number of benzene rings is 1. The second-order valence-corrected chi connectivity index (χ2v) is 5.08. The monoisotopic (exact) mass is 289 g/mol. The summed E-state index contributed by atoms with van der Waals surface area (Å²) in [5.41, 5.74) is 1.15. The average Bonchev–Trinajstić information content (AvgIpc) is 2.21. The highest BCUT2D eigenvalue weighted by Crippen LogP contribution is 2.30. The number of rotatable bonds is 5. The fraction of sp³-hybridized carbons (Fsp3) is 0.400. The van der Waals surface area contributed by atoms with Crippen molar-refractivity contribution < 1.29 is 4.92 Å². The lowest BCUT2D eigenvalue weighted by molar-refractivity contribution is -0.480. The van der Waals surface area contributed by atoms with Gasteiger partial charge in [-0.2, -0.15) is 11.8 Å². The second-order valence-electron chi connectivity index (χ2n) is 3.12. The Morgan fingerprint density at radius 2 is 2.07 bits per heavy atom. The number of halogens is 1. The van der Waals surface area contributed by atoms with Crippen molar-refractivity contribution in [3.8, 4) is 0 Å². The summed E-state index contributed by atoms with van der Waals surface area (Å²) in [5.74, 6) is 0. The van der Waals surface area contributed by atoms with Crippen LogP contribution in [0.1, 0.15) is 17.2 Å². The number of nitro groups is 1. The molecule has 1 rings (SSSR count). The molecule has 0 N–H and O–H groups in total. The predicted molar refractivity (Wildman–Crippen MR) is 66.9 cm³/mol. The van der Waals surface area contributed by atoms with Crippen molar-refractivity contribution in [2.24, 2.45) is 0 Å². The van der Waals surface area contributed by atoms with Crippen LogP contribution in [0, 0.1) is 10.1 Å². The molecule has 0 spiro atoms. The maximum Gasteiger partial charge on any atom is 0.205 e. The van der Waals surface area contributed by atoms with Gasteiger partial charge in [0.2, 0.25) is 6.54 Å². The van der Waals surface area contributed by atoms with Gasteiger partial charge in [-0.1, -0.05) is 28.1 Å². The van der Waals surface area contributed by atoms with E-state index in [-0.39, 0.29) is 16.7 Å². The van der Waals surface area contributed by atoms with Crippen LogP contribution in [-0.4, -0.2) is 17.7 Å². The molecule has 0 fully saturated rings. The van der Waals surface area contributed by atoms with Crippen LogP contribution < -0.4 is 0 Å². The maximum atomic E-state index is 10.3. The third-order valence-corrected chi connectivity index (χ3v) is 3.71. The third-order valence-electron chi connectivity index (χ3n) is 2.10. The van der Waals surface area contributed by atoms with E-state index in [1.807, 2.05) is 30.5 Å². The van der Waals surface area contributed by atoms with Crippen LogP contribution in [0.4, 0.5) is 0 Å². The van der Waals surface area contributed by atoms with E-state index in [2.05, 4.69) is 15.9 Å². The third kappa shape index (κ3) is 4.22. The first-order valence-electron chi connectivity index (χ1n) is 4.53. The maximum absolute atomic E-state index is 10.3. The zero-order chi connectivity index (χ0) is 11.3. The Morgan fingerprint density at radius 3 is 2.53 bits per heavy atom. The molecule has 15 heavy (non-hydrogen) atoms. The van der Waals surface area contributed by atoms with Crippen molar-refractivity contribution in [2.45, 2.75) is 11.7 Å². The van der Waals surface area contributed by atoms with Gasteiger partial charge in [-0.15, -0.1) is 0 Å². The Labute approximate surface area is 102 Å². The van der Waals surface area contributed by atoms with Crippen LogP contribution in [0.3, 0.4) is 0 Å². The summed E-state index contributed by atoms with van der Waals surface area (Å²) in [6, 6.07) is 7.94. The average molecular weight is 290 g/mol. The summed E-state index contributed by atoms with van der Waals surface area (Å²) in [7, 11) is 0. The Hall–Kier alpha value is -0.550. The molecule has 3 nitrogen and oxygen atoms in total. The van der Waals surface area contributed by atoms with Gasteiger partial charge in [0.25, 0.3) is 0 Å². The van der Waals surface area contributed by atoms with Gasteiger partial charge in [-0.05, 0) is 24.0 Å². The van der Waals surface area contributed by atoms with Gasteiger partial charge in [0.1, 0.15) is 0 Å². The van der Waals surface area contributed by atoms with E-state index >= 15 is 0 Å². The lowest BCUT2D eigenvalue weighted by Crippen LogP contribution is -2.05. The Morgan fingerprint density at radius 1 is 1.47 bits per heavy atom. The molecular formula is C10H12BrNO2S. The smallest absolute Gasteiger partial charge is 0.205 e. The van der Waals surface area contributed by atoms with Crippen molar-refractivity contribution in [3.05, 3.63) is 44.4 Å². The number of hydrogen-bond acceptors (Lipinski definition) is 3. The van der Waals surface area contributed by atoms with Gasteiger partial charge in [0, 0.05) is 21.1 Å². The van der Waals surface area contributed by atoms with Crippen molar-refractivity contribution in [1.82, 2.24) is 0 Å². The van der Waals surface area contributed by atoms with Crippen molar-refractivity contribution >= 4 is 27.7 Å².